The fourth-order valence-corrected chi connectivity index (χ4v) is 5.65. The summed E-state index contributed by atoms with van der Waals surface area (Å²) in [6.07, 6.45) is 26.2. The van der Waals surface area contributed by atoms with Crippen molar-refractivity contribution in [2.45, 2.75) is 137 Å². The lowest BCUT2D eigenvalue weighted by molar-refractivity contribution is -0.929. The van der Waals surface area contributed by atoms with Crippen molar-refractivity contribution in [1.82, 2.24) is 0 Å². The zero-order valence-electron chi connectivity index (χ0n) is 26.2. The first-order valence-electron chi connectivity index (χ1n) is 16.2. The molecule has 234 valence electrons. The van der Waals surface area contributed by atoms with Crippen LogP contribution < -0.4 is 5.11 Å². The first-order chi connectivity index (χ1) is 19.0. The van der Waals surface area contributed by atoms with Crippen LogP contribution in [0.15, 0.2) is 12.2 Å². The number of nitrogens with zero attached hydrogens (tertiary/aromatic N) is 1. The predicted molar refractivity (Wildman–Crippen MR) is 161 cm³/mol. The minimum absolute atomic E-state index is 0.103. The van der Waals surface area contributed by atoms with Crippen LogP contribution in [0.2, 0.25) is 0 Å². The summed E-state index contributed by atoms with van der Waals surface area (Å²) in [5, 5.41) is 30.5. The van der Waals surface area contributed by atoms with E-state index in [9.17, 15) is 29.7 Å². The van der Waals surface area contributed by atoms with Gasteiger partial charge in [-0.2, -0.15) is 0 Å². The molecule has 0 saturated carbocycles. The first kappa shape index (κ1) is 38.1. The van der Waals surface area contributed by atoms with Gasteiger partial charge >= 0.3 is 11.9 Å². The van der Waals surface area contributed by atoms with Crippen LogP contribution in [0.4, 0.5) is 0 Å². The molecule has 0 aliphatic carbocycles. The third-order valence-corrected chi connectivity index (χ3v) is 8.11. The van der Waals surface area contributed by atoms with E-state index >= 15 is 0 Å². The number of allylic oxidation sites excluding steroid dienone is 1. The molecule has 0 aromatic heterocycles. The molecule has 3 atom stereocenters. The Balaban J connectivity index is 4.38. The van der Waals surface area contributed by atoms with E-state index < -0.39 is 35.7 Å². The number of aliphatic carboxylic acids is 3. The number of unbranched alkanes of at least 4 members (excludes halogenated alkanes) is 16. The molecule has 0 aliphatic heterocycles. The quantitative estimate of drug-likeness (QED) is 0.0608. The number of hydrogen-bond donors (Lipinski definition) is 2. The average Bonchev–Trinajstić information content (AvgIpc) is 2.89. The summed E-state index contributed by atoms with van der Waals surface area (Å²) >= 11 is 0. The van der Waals surface area contributed by atoms with Crippen LogP contribution in [0.25, 0.3) is 0 Å². The van der Waals surface area contributed by atoms with Gasteiger partial charge in [0, 0.05) is 11.9 Å². The molecule has 0 heterocycles. The number of carboxylic acids is 3. The van der Waals surface area contributed by atoms with Crippen LogP contribution >= 0.6 is 0 Å². The Morgan fingerprint density at radius 3 is 1.30 bits per heavy atom. The molecule has 0 aromatic carbocycles. The normalized spacial score (nSPS) is 15.5. The zero-order chi connectivity index (χ0) is 30.2. The molecule has 0 amide bonds. The van der Waals surface area contributed by atoms with Crippen molar-refractivity contribution in [2.24, 2.45) is 17.8 Å². The number of hydrogen-bond acceptors (Lipinski definition) is 4. The molecule has 7 nitrogen and oxygen atoms in total. The average molecular weight is 568 g/mol. The topological polar surface area (TPSA) is 115 Å². The van der Waals surface area contributed by atoms with Crippen LogP contribution in [-0.4, -0.2) is 58.8 Å². The number of carbonyl (C=O) groups excluding carboxylic acids is 1. The molecule has 0 aliphatic rings. The lowest BCUT2D eigenvalue weighted by atomic mass is 10.0. The predicted octanol–water partition coefficient (Wildman–Crippen LogP) is 6.84. The summed E-state index contributed by atoms with van der Waals surface area (Å²) in [5.74, 6) is -5.39. The van der Waals surface area contributed by atoms with Gasteiger partial charge in [-0.25, -0.2) is 0 Å². The molecule has 3 unspecified atom stereocenters. The van der Waals surface area contributed by atoms with E-state index in [0.717, 1.165) is 12.8 Å². The van der Waals surface area contributed by atoms with Gasteiger partial charge in [0.1, 0.15) is 11.8 Å². The van der Waals surface area contributed by atoms with Gasteiger partial charge in [0.15, 0.2) is 0 Å². The smallest absolute Gasteiger partial charge is 0.311 e. The summed E-state index contributed by atoms with van der Waals surface area (Å²) in [5.41, 5.74) is 0. The second-order valence-corrected chi connectivity index (χ2v) is 12.3. The molecular weight excluding hydrogens is 506 g/mol. The molecule has 0 fully saturated rings. The maximum Gasteiger partial charge on any atom is 0.311 e. The Bertz CT molecular complexity index is 652. The van der Waals surface area contributed by atoms with Crippen molar-refractivity contribution < 1.29 is 34.2 Å². The number of carbonyl (C=O) groups is 3. The highest BCUT2D eigenvalue weighted by Crippen LogP contribution is 2.20. The molecular formula is C33H61NO6. The summed E-state index contributed by atoms with van der Waals surface area (Å²) in [7, 11) is 0. The van der Waals surface area contributed by atoms with Gasteiger partial charge in [0.05, 0.1) is 26.2 Å². The van der Waals surface area contributed by atoms with Crippen molar-refractivity contribution in [1.29, 1.82) is 0 Å². The van der Waals surface area contributed by atoms with Crippen LogP contribution in [0, 0.1) is 17.8 Å². The van der Waals surface area contributed by atoms with Crippen LogP contribution in [0.5, 0.6) is 0 Å². The van der Waals surface area contributed by atoms with Crippen molar-refractivity contribution >= 4 is 17.9 Å². The van der Waals surface area contributed by atoms with E-state index in [1.807, 2.05) is 6.08 Å². The minimum Gasteiger partial charge on any atom is -0.550 e. The maximum atomic E-state index is 11.6. The van der Waals surface area contributed by atoms with E-state index in [0.29, 0.717) is 6.54 Å². The number of quaternary nitrogens is 1. The van der Waals surface area contributed by atoms with E-state index in [1.165, 1.54) is 96.3 Å². The maximum absolute atomic E-state index is 11.6. The summed E-state index contributed by atoms with van der Waals surface area (Å²) in [4.78, 5) is 34.7. The summed E-state index contributed by atoms with van der Waals surface area (Å²) in [6.45, 7) is 7.88. The van der Waals surface area contributed by atoms with Crippen molar-refractivity contribution in [3.63, 3.8) is 0 Å². The molecule has 0 spiro atoms. The standard InChI is InChI=1S/C33H61NO6/c1-5-6-7-8-9-10-11-12-13-14-15-16-17-18-19-20-21-22-23-24-34(25-28(2)31(35)36,26-29(3)32(37)38)27-30(4)33(39)40/h22-23,28-30H,5-21,24-27H2,1-4H3,(H2-,35,36,37,38,39,40)/b23-22+. The largest absolute Gasteiger partial charge is 0.550 e. The molecule has 0 aromatic rings. The van der Waals surface area contributed by atoms with Gasteiger partial charge in [-0.3, -0.25) is 9.59 Å². The Labute approximate surface area is 245 Å². The molecule has 7 heteroatoms. The third-order valence-electron chi connectivity index (χ3n) is 8.11. The Kier molecular flexibility index (Phi) is 22.7. The zero-order valence-corrected chi connectivity index (χ0v) is 26.2. The van der Waals surface area contributed by atoms with Crippen molar-refractivity contribution in [3.05, 3.63) is 12.2 Å². The fraction of sp³-hybridized carbons (Fsp3) is 0.848. The molecule has 0 bridgehead atoms. The minimum atomic E-state index is -1.20. The van der Waals surface area contributed by atoms with Crippen LogP contribution in [-0.2, 0) is 14.4 Å². The summed E-state index contributed by atoms with van der Waals surface area (Å²) < 4.78 is 0.103. The van der Waals surface area contributed by atoms with Gasteiger partial charge in [-0.05, 0) is 32.8 Å². The van der Waals surface area contributed by atoms with Crippen molar-refractivity contribution in [3.8, 4) is 0 Å². The number of rotatable bonds is 28. The van der Waals surface area contributed by atoms with E-state index in [2.05, 4.69) is 13.0 Å². The van der Waals surface area contributed by atoms with Gasteiger partial charge in [0.2, 0.25) is 0 Å². The monoisotopic (exact) mass is 567 g/mol. The third kappa shape index (κ3) is 20.1. The van der Waals surface area contributed by atoms with Crippen molar-refractivity contribution in [2.75, 3.05) is 26.2 Å². The fourth-order valence-electron chi connectivity index (χ4n) is 5.65. The van der Waals surface area contributed by atoms with Gasteiger partial charge in [-0.15, -0.1) is 0 Å². The summed E-state index contributed by atoms with van der Waals surface area (Å²) in [6, 6.07) is 0. The van der Waals surface area contributed by atoms with Crippen LogP contribution in [0.1, 0.15) is 137 Å². The molecule has 0 rings (SSSR count). The molecule has 0 saturated heterocycles. The van der Waals surface area contributed by atoms with E-state index in [-0.39, 0.29) is 24.1 Å². The lowest BCUT2D eigenvalue weighted by Crippen LogP contribution is -2.58. The van der Waals surface area contributed by atoms with Crippen LogP contribution in [0.3, 0.4) is 0 Å². The highest BCUT2D eigenvalue weighted by Gasteiger charge is 2.36. The highest BCUT2D eigenvalue weighted by molar-refractivity contribution is 5.70. The Morgan fingerprint density at radius 2 is 0.950 bits per heavy atom. The van der Waals surface area contributed by atoms with E-state index in [4.69, 9.17) is 0 Å². The molecule has 0 radical (unpaired) electrons. The second kappa shape index (κ2) is 23.8. The first-order valence-corrected chi connectivity index (χ1v) is 16.2. The van der Waals surface area contributed by atoms with Gasteiger partial charge < -0.3 is 24.6 Å². The van der Waals surface area contributed by atoms with Gasteiger partial charge in [-0.1, -0.05) is 116 Å². The van der Waals surface area contributed by atoms with Gasteiger partial charge in [0.25, 0.3) is 0 Å². The Morgan fingerprint density at radius 1 is 0.600 bits per heavy atom. The van der Waals surface area contributed by atoms with E-state index in [1.54, 1.807) is 20.8 Å². The molecule has 2 N–H and O–H groups in total. The second-order valence-electron chi connectivity index (χ2n) is 12.3. The number of carboxylic acid groups (broad SMARTS) is 3. The molecule has 40 heavy (non-hydrogen) atoms. The highest BCUT2D eigenvalue weighted by atomic mass is 16.4. The Hall–Kier alpha value is -1.89. The lowest BCUT2D eigenvalue weighted by Gasteiger charge is -2.42. The SMILES string of the molecule is CCCCCCCCCCCCCCCCCC/C=C/C[N+](CC(C)C(=O)[O-])(CC(C)C(=O)O)CC(C)C(=O)O.